The molecule has 116 valence electrons. The third-order valence-electron chi connectivity index (χ3n) is 3.39. The van der Waals surface area contributed by atoms with Crippen LogP contribution in [0.5, 0.6) is 0 Å². The van der Waals surface area contributed by atoms with Crippen molar-refractivity contribution < 1.29 is 14.7 Å². The maximum Gasteiger partial charge on any atom is 0.326 e. The molecule has 0 bridgehead atoms. The number of carboxylic acid groups (broad SMARTS) is 1. The molecule has 1 aliphatic rings. The number of nitrogens with zero attached hydrogens (tertiary/aromatic N) is 3. The highest BCUT2D eigenvalue weighted by molar-refractivity contribution is 7.98. The van der Waals surface area contributed by atoms with E-state index in [0.29, 0.717) is 12.2 Å². The zero-order chi connectivity index (χ0) is 15.2. The molecule has 1 aromatic rings. The lowest BCUT2D eigenvalue weighted by molar-refractivity contribution is -0.141. The van der Waals surface area contributed by atoms with E-state index in [1.165, 1.54) is 13.3 Å². The Bertz CT molecular complexity index is 518. The minimum atomic E-state index is -0.995. The van der Waals surface area contributed by atoms with E-state index in [1.54, 1.807) is 11.8 Å². The van der Waals surface area contributed by atoms with Crippen LogP contribution in [-0.4, -0.2) is 43.5 Å². The van der Waals surface area contributed by atoms with Crippen molar-refractivity contribution in [3.63, 3.8) is 0 Å². The highest BCUT2D eigenvalue weighted by atomic mass is 32.2. The number of rotatable bonds is 7. The van der Waals surface area contributed by atoms with E-state index in [1.807, 2.05) is 0 Å². The van der Waals surface area contributed by atoms with Gasteiger partial charge in [-0.15, -0.1) is 10.2 Å². The molecule has 2 N–H and O–H groups in total. The van der Waals surface area contributed by atoms with Gasteiger partial charge in [-0.05, 0) is 25.0 Å². The number of thioether (sulfide) groups is 1. The molecule has 0 aromatic carbocycles. The summed E-state index contributed by atoms with van der Waals surface area (Å²) in [6, 6.07) is -0.817. The SMILES string of the molecule is CC(=O)NC(CCSCc1nnc2n1CCCC2)C(=O)O. The molecular formula is C13H20N4O3S. The molecule has 2 rings (SSSR count). The normalized spacial score (nSPS) is 15.3. The molecule has 7 nitrogen and oxygen atoms in total. The number of carbonyl (C=O) groups excluding carboxylic acids is 1. The second-order valence-electron chi connectivity index (χ2n) is 5.07. The van der Waals surface area contributed by atoms with Crippen LogP contribution >= 0.6 is 11.8 Å². The Kier molecular flexibility index (Phi) is 5.60. The largest absolute Gasteiger partial charge is 0.480 e. The lowest BCUT2D eigenvalue weighted by Crippen LogP contribution is -2.39. The molecule has 1 unspecified atom stereocenters. The number of hydrogen-bond acceptors (Lipinski definition) is 5. The second kappa shape index (κ2) is 7.44. The first kappa shape index (κ1) is 15.8. The average molecular weight is 312 g/mol. The Morgan fingerprint density at radius 2 is 2.24 bits per heavy atom. The maximum absolute atomic E-state index is 11.0. The predicted octanol–water partition coefficient (Wildman–Crippen LogP) is 0.827. The molecule has 1 amide bonds. The van der Waals surface area contributed by atoms with E-state index in [4.69, 9.17) is 5.11 Å². The van der Waals surface area contributed by atoms with Gasteiger partial charge in [0.15, 0.2) is 0 Å². The van der Waals surface area contributed by atoms with Gasteiger partial charge in [-0.3, -0.25) is 4.79 Å². The molecular weight excluding hydrogens is 292 g/mol. The summed E-state index contributed by atoms with van der Waals surface area (Å²) in [7, 11) is 0. The summed E-state index contributed by atoms with van der Waals surface area (Å²) in [5.41, 5.74) is 0. The predicted molar refractivity (Wildman–Crippen MR) is 79.0 cm³/mol. The van der Waals surface area contributed by atoms with E-state index in [9.17, 15) is 9.59 Å². The molecule has 21 heavy (non-hydrogen) atoms. The first-order valence-electron chi connectivity index (χ1n) is 7.06. The smallest absolute Gasteiger partial charge is 0.326 e. The Morgan fingerprint density at radius 3 is 2.95 bits per heavy atom. The van der Waals surface area contributed by atoms with E-state index < -0.39 is 12.0 Å². The summed E-state index contributed by atoms with van der Waals surface area (Å²) in [4.78, 5) is 21.9. The molecule has 2 heterocycles. The van der Waals surface area contributed by atoms with Gasteiger partial charge in [0.1, 0.15) is 17.7 Å². The number of fused-ring (bicyclic) bond motifs is 1. The lowest BCUT2D eigenvalue weighted by Gasteiger charge is -2.15. The van der Waals surface area contributed by atoms with Gasteiger partial charge in [-0.1, -0.05) is 0 Å². The zero-order valence-electron chi connectivity index (χ0n) is 12.0. The number of aryl methyl sites for hydroxylation is 1. The van der Waals surface area contributed by atoms with Crippen LogP contribution < -0.4 is 5.32 Å². The summed E-state index contributed by atoms with van der Waals surface area (Å²) in [6.07, 6.45) is 3.72. The van der Waals surface area contributed by atoms with Crippen LogP contribution in [0.25, 0.3) is 0 Å². The molecule has 0 aliphatic carbocycles. The van der Waals surface area contributed by atoms with Crippen molar-refractivity contribution in [2.75, 3.05) is 5.75 Å². The van der Waals surface area contributed by atoms with Crippen LogP contribution in [0.15, 0.2) is 0 Å². The first-order valence-corrected chi connectivity index (χ1v) is 8.22. The third-order valence-corrected chi connectivity index (χ3v) is 4.38. The van der Waals surface area contributed by atoms with Crippen LogP contribution in [-0.2, 0) is 28.3 Å². The summed E-state index contributed by atoms with van der Waals surface area (Å²) >= 11 is 1.62. The summed E-state index contributed by atoms with van der Waals surface area (Å²) in [5, 5.41) is 19.8. The maximum atomic E-state index is 11.0. The van der Waals surface area contributed by atoms with E-state index in [2.05, 4.69) is 20.1 Å². The topological polar surface area (TPSA) is 97.1 Å². The fourth-order valence-corrected chi connectivity index (χ4v) is 3.29. The van der Waals surface area contributed by atoms with Crippen molar-refractivity contribution >= 4 is 23.6 Å². The molecule has 1 aliphatic heterocycles. The Morgan fingerprint density at radius 1 is 1.43 bits per heavy atom. The number of aliphatic carboxylic acids is 1. The summed E-state index contributed by atoms with van der Waals surface area (Å²) in [5.74, 6) is 2.07. The lowest BCUT2D eigenvalue weighted by atomic mass is 10.2. The van der Waals surface area contributed by atoms with Crippen LogP contribution in [0.1, 0.15) is 37.8 Å². The number of nitrogens with one attached hydrogen (secondary N) is 1. The number of amides is 1. The number of aromatic nitrogens is 3. The highest BCUT2D eigenvalue weighted by Crippen LogP contribution is 2.18. The van der Waals surface area contributed by atoms with Gasteiger partial charge in [-0.2, -0.15) is 11.8 Å². The Labute approximate surface area is 127 Å². The quantitative estimate of drug-likeness (QED) is 0.724. The van der Waals surface area contributed by atoms with Crippen molar-refractivity contribution in [2.45, 2.75) is 50.9 Å². The third kappa shape index (κ3) is 4.45. The van der Waals surface area contributed by atoms with Crippen LogP contribution in [0.4, 0.5) is 0 Å². The molecule has 0 spiro atoms. The molecule has 0 radical (unpaired) electrons. The molecule has 1 aromatic heterocycles. The number of carbonyl (C=O) groups is 2. The van der Waals surface area contributed by atoms with Gasteiger partial charge < -0.3 is 15.0 Å². The molecule has 0 saturated heterocycles. The van der Waals surface area contributed by atoms with Gasteiger partial charge in [-0.25, -0.2) is 4.79 Å². The van der Waals surface area contributed by atoms with E-state index >= 15 is 0 Å². The van der Waals surface area contributed by atoms with Gasteiger partial charge in [0.2, 0.25) is 5.91 Å². The van der Waals surface area contributed by atoms with Crippen molar-refractivity contribution in [2.24, 2.45) is 0 Å². The minimum absolute atomic E-state index is 0.320. The van der Waals surface area contributed by atoms with Crippen molar-refractivity contribution in [3.8, 4) is 0 Å². The first-order chi connectivity index (χ1) is 10.1. The monoisotopic (exact) mass is 312 g/mol. The van der Waals surface area contributed by atoms with Gasteiger partial charge in [0, 0.05) is 19.9 Å². The van der Waals surface area contributed by atoms with Gasteiger partial charge in [0.05, 0.1) is 5.75 Å². The molecule has 0 fully saturated rings. The molecule has 1 atom stereocenters. The van der Waals surface area contributed by atoms with Crippen molar-refractivity contribution in [3.05, 3.63) is 11.6 Å². The number of carboxylic acids is 1. The Balaban J connectivity index is 1.77. The molecule has 0 saturated carbocycles. The fourth-order valence-electron chi connectivity index (χ4n) is 2.34. The van der Waals surface area contributed by atoms with Gasteiger partial charge in [0.25, 0.3) is 0 Å². The minimum Gasteiger partial charge on any atom is -0.480 e. The van der Waals surface area contributed by atoms with Crippen molar-refractivity contribution in [1.29, 1.82) is 0 Å². The average Bonchev–Trinajstić information content (AvgIpc) is 2.85. The second-order valence-corrected chi connectivity index (χ2v) is 6.18. The zero-order valence-corrected chi connectivity index (χ0v) is 12.9. The van der Waals surface area contributed by atoms with Crippen LogP contribution in [0, 0.1) is 0 Å². The molecule has 8 heteroatoms. The number of hydrogen-bond donors (Lipinski definition) is 2. The standard InChI is InChI=1S/C13H20N4O3S/c1-9(18)14-10(13(19)20)5-7-21-8-12-16-15-11-4-2-3-6-17(11)12/h10H,2-8H2,1H3,(H,14,18)(H,19,20). The summed E-state index contributed by atoms with van der Waals surface area (Å²) < 4.78 is 2.17. The van der Waals surface area contributed by atoms with Crippen molar-refractivity contribution in [1.82, 2.24) is 20.1 Å². The highest BCUT2D eigenvalue weighted by Gasteiger charge is 2.19. The van der Waals surface area contributed by atoms with E-state index in [0.717, 1.165) is 36.8 Å². The van der Waals surface area contributed by atoms with E-state index in [-0.39, 0.29) is 5.91 Å². The van der Waals surface area contributed by atoms with Crippen LogP contribution in [0.3, 0.4) is 0 Å². The van der Waals surface area contributed by atoms with Crippen LogP contribution in [0.2, 0.25) is 0 Å². The van der Waals surface area contributed by atoms with Gasteiger partial charge >= 0.3 is 5.97 Å². The summed E-state index contributed by atoms with van der Waals surface area (Å²) in [6.45, 7) is 2.30. The Hall–Kier alpha value is -1.57. The fraction of sp³-hybridized carbons (Fsp3) is 0.692.